The largest absolute Gasteiger partial charge is 0.340 e. The summed E-state index contributed by atoms with van der Waals surface area (Å²) >= 11 is 1.42. The number of hydrogen-bond acceptors (Lipinski definition) is 5. The minimum atomic E-state index is -0.208. The fraction of sp³-hybridized carbons (Fsp3) is 0.706. The zero-order chi connectivity index (χ0) is 16.9. The average molecular weight is 350 g/mol. The van der Waals surface area contributed by atoms with Crippen LogP contribution < -0.4 is 5.32 Å². The third-order valence-electron chi connectivity index (χ3n) is 5.17. The minimum absolute atomic E-state index is 0.0305. The monoisotopic (exact) mass is 350 g/mol. The third-order valence-corrected chi connectivity index (χ3v) is 5.86. The van der Waals surface area contributed by atoms with Crippen molar-refractivity contribution >= 4 is 28.3 Å². The van der Waals surface area contributed by atoms with E-state index in [0.717, 1.165) is 39.0 Å². The molecule has 1 aromatic rings. The molecule has 1 N–H and O–H groups in total. The Labute approximate surface area is 147 Å². The van der Waals surface area contributed by atoms with Gasteiger partial charge in [-0.3, -0.25) is 14.5 Å². The summed E-state index contributed by atoms with van der Waals surface area (Å²) in [5.41, 5.74) is 0. The van der Waals surface area contributed by atoms with Gasteiger partial charge in [-0.2, -0.15) is 0 Å². The Morgan fingerprint density at radius 2 is 1.92 bits per heavy atom. The van der Waals surface area contributed by atoms with Gasteiger partial charge in [0, 0.05) is 43.7 Å². The molecule has 2 fully saturated rings. The van der Waals surface area contributed by atoms with Crippen LogP contribution in [0.4, 0.5) is 5.13 Å². The van der Waals surface area contributed by atoms with Crippen LogP contribution in [0.2, 0.25) is 0 Å². The molecular weight excluding hydrogens is 324 g/mol. The first kappa shape index (κ1) is 17.4. The second-order valence-electron chi connectivity index (χ2n) is 6.70. The normalized spacial score (nSPS) is 21.5. The van der Waals surface area contributed by atoms with E-state index in [0.29, 0.717) is 11.0 Å². The van der Waals surface area contributed by atoms with Crippen LogP contribution in [0.25, 0.3) is 0 Å². The van der Waals surface area contributed by atoms with Crippen molar-refractivity contribution in [2.24, 2.45) is 5.92 Å². The molecule has 1 aromatic heterocycles. The van der Waals surface area contributed by atoms with Crippen molar-refractivity contribution in [3.8, 4) is 0 Å². The Hall–Kier alpha value is -1.47. The lowest BCUT2D eigenvalue weighted by atomic mass is 9.88. The molecule has 0 bridgehead atoms. The zero-order valence-electron chi connectivity index (χ0n) is 14.2. The van der Waals surface area contributed by atoms with E-state index < -0.39 is 0 Å². The number of carbonyl (C=O) groups is 2. The first-order valence-corrected chi connectivity index (χ1v) is 9.76. The number of thiazole rings is 1. The Morgan fingerprint density at radius 1 is 1.21 bits per heavy atom. The number of rotatable bonds is 4. The van der Waals surface area contributed by atoms with E-state index in [9.17, 15) is 9.59 Å². The summed E-state index contributed by atoms with van der Waals surface area (Å²) < 4.78 is 0. The first-order chi connectivity index (χ1) is 11.6. The molecule has 0 radical (unpaired) electrons. The standard InChI is InChI=1S/C17H26N4O2S/c1-13(15(22)19-17-18-7-12-24-17)20-8-10-21(11-9-20)16(23)14-5-3-2-4-6-14/h7,12-14H,2-6,8-11H2,1H3,(H,18,19,22). The molecule has 132 valence electrons. The van der Waals surface area contributed by atoms with Crippen LogP contribution >= 0.6 is 11.3 Å². The number of hydrogen-bond donors (Lipinski definition) is 1. The smallest absolute Gasteiger partial charge is 0.243 e. The van der Waals surface area contributed by atoms with Gasteiger partial charge in [0.1, 0.15) is 0 Å². The molecule has 1 saturated carbocycles. The van der Waals surface area contributed by atoms with E-state index in [-0.39, 0.29) is 17.9 Å². The lowest BCUT2D eigenvalue weighted by molar-refractivity contribution is -0.139. The van der Waals surface area contributed by atoms with Crippen LogP contribution in [0.1, 0.15) is 39.0 Å². The van der Waals surface area contributed by atoms with Crippen molar-refractivity contribution in [3.63, 3.8) is 0 Å². The van der Waals surface area contributed by atoms with Crippen molar-refractivity contribution in [2.45, 2.75) is 45.1 Å². The number of aromatic nitrogens is 1. The van der Waals surface area contributed by atoms with Crippen molar-refractivity contribution in [2.75, 3.05) is 31.5 Å². The van der Waals surface area contributed by atoms with Gasteiger partial charge < -0.3 is 10.2 Å². The molecule has 1 saturated heterocycles. The van der Waals surface area contributed by atoms with Gasteiger partial charge in [0.15, 0.2) is 5.13 Å². The van der Waals surface area contributed by atoms with E-state index in [1.165, 1.54) is 30.6 Å². The highest BCUT2D eigenvalue weighted by Crippen LogP contribution is 2.26. The van der Waals surface area contributed by atoms with Gasteiger partial charge >= 0.3 is 0 Å². The van der Waals surface area contributed by atoms with E-state index in [2.05, 4.69) is 15.2 Å². The van der Waals surface area contributed by atoms with Crippen LogP contribution in [0.5, 0.6) is 0 Å². The number of piperazine rings is 1. The van der Waals surface area contributed by atoms with Crippen molar-refractivity contribution in [1.82, 2.24) is 14.8 Å². The lowest BCUT2D eigenvalue weighted by Crippen LogP contribution is -2.55. The molecule has 0 aromatic carbocycles. The Bertz CT molecular complexity index is 549. The van der Waals surface area contributed by atoms with Crippen molar-refractivity contribution < 1.29 is 9.59 Å². The van der Waals surface area contributed by atoms with Crippen LogP contribution in [-0.2, 0) is 9.59 Å². The highest BCUT2D eigenvalue weighted by atomic mass is 32.1. The third kappa shape index (κ3) is 4.13. The maximum Gasteiger partial charge on any atom is 0.243 e. The molecule has 3 rings (SSSR count). The Kier molecular flexibility index (Phi) is 5.84. The quantitative estimate of drug-likeness (QED) is 0.904. The number of nitrogens with one attached hydrogen (secondary N) is 1. The van der Waals surface area contributed by atoms with Crippen molar-refractivity contribution in [1.29, 1.82) is 0 Å². The Balaban J connectivity index is 1.47. The second kappa shape index (κ2) is 8.07. The van der Waals surface area contributed by atoms with E-state index >= 15 is 0 Å². The molecule has 1 unspecified atom stereocenters. The maximum atomic E-state index is 12.6. The molecule has 2 aliphatic rings. The van der Waals surface area contributed by atoms with Crippen LogP contribution in [0.15, 0.2) is 11.6 Å². The number of carbonyl (C=O) groups excluding carboxylic acids is 2. The fourth-order valence-electron chi connectivity index (χ4n) is 3.60. The molecule has 7 heteroatoms. The maximum absolute atomic E-state index is 12.6. The summed E-state index contributed by atoms with van der Waals surface area (Å²) in [5, 5.41) is 5.33. The van der Waals surface area contributed by atoms with Gasteiger partial charge in [-0.15, -0.1) is 11.3 Å². The summed E-state index contributed by atoms with van der Waals surface area (Å²) in [6.07, 6.45) is 7.41. The SMILES string of the molecule is CC(C(=O)Nc1nccs1)N1CCN(C(=O)C2CCCCC2)CC1. The topological polar surface area (TPSA) is 65.5 Å². The van der Waals surface area contributed by atoms with Gasteiger partial charge in [-0.25, -0.2) is 4.98 Å². The van der Waals surface area contributed by atoms with E-state index in [4.69, 9.17) is 0 Å². The highest BCUT2D eigenvalue weighted by molar-refractivity contribution is 7.13. The zero-order valence-corrected chi connectivity index (χ0v) is 15.1. The summed E-state index contributed by atoms with van der Waals surface area (Å²) in [6.45, 7) is 4.88. The predicted molar refractivity (Wildman–Crippen MR) is 94.9 cm³/mol. The number of anilines is 1. The molecule has 24 heavy (non-hydrogen) atoms. The molecular formula is C17H26N4O2S. The minimum Gasteiger partial charge on any atom is -0.340 e. The van der Waals surface area contributed by atoms with E-state index in [1.807, 2.05) is 17.2 Å². The van der Waals surface area contributed by atoms with Gasteiger partial charge in [0.25, 0.3) is 0 Å². The van der Waals surface area contributed by atoms with Crippen LogP contribution in [0.3, 0.4) is 0 Å². The summed E-state index contributed by atoms with van der Waals surface area (Å²) in [7, 11) is 0. The lowest BCUT2D eigenvalue weighted by Gasteiger charge is -2.39. The summed E-state index contributed by atoms with van der Waals surface area (Å²) in [6, 6.07) is -0.208. The molecule has 6 nitrogen and oxygen atoms in total. The average Bonchev–Trinajstić information content (AvgIpc) is 3.14. The van der Waals surface area contributed by atoms with Crippen LogP contribution in [0, 0.1) is 5.92 Å². The molecule has 2 heterocycles. The highest BCUT2D eigenvalue weighted by Gasteiger charge is 2.31. The van der Waals surface area contributed by atoms with E-state index in [1.54, 1.807) is 6.20 Å². The summed E-state index contributed by atoms with van der Waals surface area (Å²) in [4.78, 5) is 33.1. The van der Waals surface area contributed by atoms with Gasteiger partial charge in [-0.1, -0.05) is 19.3 Å². The second-order valence-corrected chi connectivity index (χ2v) is 7.59. The predicted octanol–water partition coefficient (Wildman–Crippen LogP) is 2.19. The fourth-order valence-corrected chi connectivity index (χ4v) is 4.13. The molecule has 1 aliphatic carbocycles. The number of amides is 2. The van der Waals surface area contributed by atoms with Crippen LogP contribution in [-0.4, -0.2) is 58.8 Å². The number of nitrogens with zero attached hydrogens (tertiary/aromatic N) is 3. The summed E-state index contributed by atoms with van der Waals surface area (Å²) in [5.74, 6) is 0.530. The molecule has 0 spiro atoms. The van der Waals surface area contributed by atoms with Gasteiger partial charge in [0.05, 0.1) is 6.04 Å². The van der Waals surface area contributed by atoms with Crippen molar-refractivity contribution in [3.05, 3.63) is 11.6 Å². The Morgan fingerprint density at radius 3 is 2.54 bits per heavy atom. The molecule has 1 aliphatic heterocycles. The van der Waals surface area contributed by atoms with Gasteiger partial charge in [-0.05, 0) is 19.8 Å². The molecule has 2 amide bonds. The first-order valence-electron chi connectivity index (χ1n) is 8.88. The van der Waals surface area contributed by atoms with Gasteiger partial charge in [0.2, 0.25) is 11.8 Å². The molecule has 1 atom stereocenters.